The molecule has 0 bridgehead atoms. The number of nitrogens with one attached hydrogen (secondary N) is 2. The predicted octanol–water partition coefficient (Wildman–Crippen LogP) is 1.91. The number of rotatable bonds is 6. The number of para-hydroxylation sites is 1. The number of hydrogen-bond acceptors (Lipinski definition) is 4. The Morgan fingerprint density at radius 3 is 2.88 bits per heavy atom. The highest BCUT2D eigenvalue weighted by Gasteiger charge is 2.39. The SMILES string of the molecule is COCC1(C(=O)NCCc2cccc3cccnc23)CCNCC1. The van der Waals surface area contributed by atoms with Crippen LogP contribution in [0, 0.1) is 5.41 Å². The van der Waals surface area contributed by atoms with Crippen LogP contribution >= 0.6 is 0 Å². The summed E-state index contributed by atoms with van der Waals surface area (Å²) in [7, 11) is 1.67. The zero-order valence-corrected chi connectivity index (χ0v) is 14.2. The van der Waals surface area contributed by atoms with Crippen LogP contribution in [0.1, 0.15) is 18.4 Å². The van der Waals surface area contributed by atoms with E-state index in [0.29, 0.717) is 13.2 Å². The molecule has 1 fully saturated rings. The second-order valence-corrected chi connectivity index (χ2v) is 6.46. The van der Waals surface area contributed by atoms with Crippen molar-refractivity contribution in [3.8, 4) is 0 Å². The highest BCUT2D eigenvalue weighted by Crippen LogP contribution is 2.29. The molecule has 1 aliphatic rings. The van der Waals surface area contributed by atoms with E-state index < -0.39 is 5.41 Å². The van der Waals surface area contributed by atoms with Crippen molar-refractivity contribution in [1.29, 1.82) is 0 Å². The number of carbonyl (C=O) groups excluding carboxylic acids is 1. The Labute approximate surface area is 142 Å². The molecule has 5 heteroatoms. The van der Waals surface area contributed by atoms with Crippen LogP contribution in [0.4, 0.5) is 0 Å². The summed E-state index contributed by atoms with van der Waals surface area (Å²) >= 11 is 0. The van der Waals surface area contributed by atoms with E-state index in [2.05, 4.69) is 33.8 Å². The van der Waals surface area contributed by atoms with Gasteiger partial charge >= 0.3 is 0 Å². The molecule has 0 saturated carbocycles. The van der Waals surface area contributed by atoms with Gasteiger partial charge in [0.25, 0.3) is 0 Å². The van der Waals surface area contributed by atoms with Crippen LogP contribution in [-0.2, 0) is 16.0 Å². The van der Waals surface area contributed by atoms with Crippen molar-refractivity contribution in [2.75, 3.05) is 33.4 Å². The van der Waals surface area contributed by atoms with E-state index in [1.807, 2.05) is 18.3 Å². The Morgan fingerprint density at radius 2 is 2.08 bits per heavy atom. The predicted molar refractivity (Wildman–Crippen MR) is 94.9 cm³/mol. The topological polar surface area (TPSA) is 63.2 Å². The summed E-state index contributed by atoms with van der Waals surface area (Å²) in [4.78, 5) is 17.2. The van der Waals surface area contributed by atoms with Crippen LogP contribution in [0.5, 0.6) is 0 Å². The number of carbonyl (C=O) groups is 1. The molecule has 1 saturated heterocycles. The van der Waals surface area contributed by atoms with E-state index in [-0.39, 0.29) is 5.91 Å². The Hall–Kier alpha value is -1.98. The van der Waals surface area contributed by atoms with Crippen molar-refractivity contribution >= 4 is 16.8 Å². The molecule has 24 heavy (non-hydrogen) atoms. The standard InChI is InChI=1S/C19H25N3O2/c1-24-14-19(8-12-20-13-9-19)18(23)22-11-7-16-5-2-4-15-6-3-10-21-17(15)16/h2-6,10,20H,7-9,11-14H2,1H3,(H,22,23). The van der Waals surface area contributed by atoms with Gasteiger partial charge in [0.15, 0.2) is 0 Å². The van der Waals surface area contributed by atoms with Gasteiger partial charge in [-0.3, -0.25) is 9.78 Å². The fraction of sp³-hybridized carbons (Fsp3) is 0.474. The van der Waals surface area contributed by atoms with Crippen molar-refractivity contribution in [3.05, 3.63) is 42.1 Å². The number of aromatic nitrogens is 1. The molecule has 2 heterocycles. The minimum Gasteiger partial charge on any atom is -0.384 e. The molecule has 0 spiro atoms. The van der Waals surface area contributed by atoms with E-state index in [0.717, 1.165) is 43.3 Å². The third-order valence-electron chi connectivity index (χ3n) is 4.86. The average molecular weight is 327 g/mol. The fourth-order valence-electron chi connectivity index (χ4n) is 3.49. The number of ether oxygens (including phenoxy) is 1. The van der Waals surface area contributed by atoms with Crippen LogP contribution < -0.4 is 10.6 Å². The van der Waals surface area contributed by atoms with Crippen LogP contribution in [0.2, 0.25) is 0 Å². The van der Waals surface area contributed by atoms with Gasteiger partial charge in [-0.15, -0.1) is 0 Å². The van der Waals surface area contributed by atoms with E-state index >= 15 is 0 Å². The highest BCUT2D eigenvalue weighted by atomic mass is 16.5. The van der Waals surface area contributed by atoms with E-state index in [1.165, 1.54) is 5.56 Å². The number of hydrogen-bond donors (Lipinski definition) is 2. The van der Waals surface area contributed by atoms with Crippen LogP contribution in [-0.4, -0.2) is 44.2 Å². The molecule has 1 aromatic heterocycles. The minimum atomic E-state index is -0.392. The molecule has 0 atom stereocenters. The molecule has 1 aromatic carbocycles. The molecule has 128 valence electrons. The van der Waals surface area contributed by atoms with Crippen molar-refractivity contribution < 1.29 is 9.53 Å². The first kappa shape index (κ1) is 16.9. The molecular weight excluding hydrogens is 302 g/mol. The zero-order valence-electron chi connectivity index (χ0n) is 14.2. The number of pyridine rings is 1. The number of nitrogens with zero attached hydrogens (tertiary/aromatic N) is 1. The van der Waals surface area contributed by atoms with Gasteiger partial charge in [-0.1, -0.05) is 24.3 Å². The number of methoxy groups -OCH3 is 1. The molecule has 2 N–H and O–H groups in total. The fourth-order valence-corrected chi connectivity index (χ4v) is 3.49. The lowest BCUT2D eigenvalue weighted by atomic mass is 9.78. The minimum absolute atomic E-state index is 0.110. The molecule has 0 radical (unpaired) electrons. The van der Waals surface area contributed by atoms with Gasteiger partial charge in [0.2, 0.25) is 5.91 Å². The van der Waals surface area contributed by atoms with Crippen LogP contribution in [0.15, 0.2) is 36.5 Å². The largest absolute Gasteiger partial charge is 0.384 e. The van der Waals surface area contributed by atoms with Gasteiger partial charge in [0.05, 0.1) is 17.5 Å². The second kappa shape index (κ2) is 7.73. The summed E-state index contributed by atoms with van der Waals surface area (Å²) < 4.78 is 5.33. The molecule has 1 amide bonds. The maximum Gasteiger partial charge on any atom is 0.228 e. The van der Waals surface area contributed by atoms with E-state index in [9.17, 15) is 4.79 Å². The van der Waals surface area contributed by atoms with Gasteiger partial charge in [-0.05, 0) is 44.0 Å². The number of benzene rings is 1. The first-order chi connectivity index (χ1) is 11.7. The summed E-state index contributed by atoms with van der Waals surface area (Å²) in [5.41, 5.74) is 1.79. The lowest BCUT2D eigenvalue weighted by molar-refractivity contribution is -0.136. The summed E-state index contributed by atoms with van der Waals surface area (Å²) in [6, 6.07) is 10.2. The molecule has 1 aliphatic heterocycles. The van der Waals surface area contributed by atoms with Gasteiger partial charge in [-0.25, -0.2) is 0 Å². The first-order valence-electron chi connectivity index (χ1n) is 8.56. The summed E-state index contributed by atoms with van der Waals surface area (Å²) in [6.07, 6.45) is 4.24. The normalized spacial score (nSPS) is 16.9. The van der Waals surface area contributed by atoms with Crippen LogP contribution in [0.3, 0.4) is 0 Å². The first-order valence-corrected chi connectivity index (χ1v) is 8.56. The van der Waals surface area contributed by atoms with Crippen molar-refractivity contribution in [1.82, 2.24) is 15.6 Å². The van der Waals surface area contributed by atoms with Crippen molar-refractivity contribution in [2.45, 2.75) is 19.3 Å². The Kier molecular flexibility index (Phi) is 5.43. The van der Waals surface area contributed by atoms with Crippen molar-refractivity contribution in [2.24, 2.45) is 5.41 Å². The maximum absolute atomic E-state index is 12.7. The Bertz CT molecular complexity index is 685. The lowest BCUT2D eigenvalue weighted by Gasteiger charge is -2.35. The molecular formula is C19H25N3O2. The summed E-state index contributed by atoms with van der Waals surface area (Å²) in [5.74, 6) is 0.110. The third kappa shape index (κ3) is 3.57. The Balaban J connectivity index is 1.63. The van der Waals surface area contributed by atoms with Gasteiger partial charge in [0.1, 0.15) is 0 Å². The Morgan fingerprint density at radius 1 is 1.29 bits per heavy atom. The molecule has 5 nitrogen and oxygen atoms in total. The van der Waals surface area contributed by atoms with Gasteiger partial charge < -0.3 is 15.4 Å². The molecule has 0 aliphatic carbocycles. The number of fused-ring (bicyclic) bond motifs is 1. The number of amides is 1. The van der Waals surface area contributed by atoms with E-state index in [1.54, 1.807) is 7.11 Å². The average Bonchev–Trinajstić information content (AvgIpc) is 2.63. The monoisotopic (exact) mass is 327 g/mol. The smallest absolute Gasteiger partial charge is 0.228 e. The summed E-state index contributed by atoms with van der Waals surface area (Å²) in [5, 5.41) is 7.56. The quantitative estimate of drug-likeness (QED) is 0.851. The van der Waals surface area contributed by atoms with Crippen molar-refractivity contribution in [3.63, 3.8) is 0 Å². The highest BCUT2D eigenvalue weighted by molar-refractivity contribution is 5.83. The maximum atomic E-state index is 12.7. The number of piperidine rings is 1. The second-order valence-electron chi connectivity index (χ2n) is 6.46. The molecule has 3 rings (SSSR count). The van der Waals surface area contributed by atoms with E-state index in [4.69, 9.17) is 4.74 Å². The van der Waals surface area contributed by atoms with Crippen LogP contribution in [0.25, 0.3) is 10.9 Å². The molecule has 2 aromatic rings. The summed E-state index contributed by atoms with van der Waals surface area (Å²) in [6.45, 7) is 2.83. The molecule has 0 unspecified atom stereocenters. The lowest BCUT2D eigenvalue weighted by Crippen LogP contribution is -2.50. The van der Waals surface area contributed by atoms with Gasteiger partial charge in [-0.2, -0.15) is 0 Å². The zero-order chi connectivity index (χ0) is 16.8. The van der Waals surface area contributed by atoms with Gasteiger partial charge in [0, 0.05) is 25.2 Å². The third-order valence-corrected chi connectivity index (χ3v) is 4.86.